The molecule has 2 aromatic carbocycles. The fraction of sp³-hybridized carbons (Fsp3) is 0.133. The van der Waals surface area contributed by atoms with Gasteiger partial charge in [0.15, 0.2) is 23.3 Å². The summed E-state index contributed by atoms with van der Waals surface area (Å²) in [7, 11) is 0. The van der Waals surface area contributed by atoms with E-state index in [-0.39, 0.29) is 5.69 Å². The number of rotatable bonds is 4. The smallest absolute Gasteiger partial charge is 0.422 e. The van der Waals surface area contributed by atoms with Gasteiger partial charge in [-0.2, -0.15) is 13.2 Å². The van der Waals surface area contributed by atoms with Crippen molar-refractivity contribution in [2.45, 2.75) is 12.7 Å². The largest absolute Gasteiger partial charge is 0.505 e. The monoisotopic (exact) mass is 417 g/mol. The second-order valence-corrected chi connectivity index (χ2v) is 5.53. The van der Waals surface area contributed by atoms with Gasteiger partial charge in [0.2, 0.25) is 0 Å². The molecule has 0 saturated carbocycles. The van der Waals surface area contributed by atoms with Crippen LogP contribution in [0.5, 0.6) is 5.75 Å². The fourth-order valence-corrected chi connectivity index (χ4v) is 2.36. The van der Waals surface area contributed by atoms with E-state index in [0.717, 1.165) is 12.1 Å². The highest BCUT2D eigenvalue weighted by atomic mass is 35.5. The Bertz CT molecular complexity index is 902. The second-order valence-electron chi connectivity index (χ2n) is 5.12. The molecule has 12 heteroatoms. The number of hydrogen-bond donors (Lipinski definition) is 3. The number of hydrogen-bond acceptors (Lipinski definition) is 3. The average molecular weight is 418 g/mol. The number of alkyl halides is 3. The molecule has 0 spiro atoms. The highest BCUT2D eigenvalue weighted by Gasteiger charge is 2.42. The summed E-state index contributed by atoms with van der Waals surface area (Å²) >= 11 is 5.58. The molecule has 2 aromatic rings. The zero-order valence-corrected chi connectivity index (χ0v) is 13.4. The molecule has 0 unspecified atom stereocenters. The van der Waals surface area contributed by atoms with Gasteiger partial charge in [0.05, 0.1) is 5.02 Å². The van der Waals surface area contributed by atoms with Crippen LogP contribution in [0.2, 0.25) is 5.02 Å². The summed E-state index contributed by atoms with van der Waals surface area (Å²) in [4.78, 5) is 11.0. The minimum absolute atomic E-state index is 0.241. The van der Waals surface area contributed by atoms with E-state index in [4.69, 9.17) is 16.7 Å². The number of aromatic hydroxyl groups is 1. The lowest BCUT2D eigenvalue weighted by molar-refractivity contribution is -0.143. The Morgan fingerprint density at radius 1 is 1.04 bits per heavy atom. The molecule has 0 heterocycles. The summed E-state index contributed by atoms with van der Waals surface area (Å²) in [6.45, 7) is -1.05. The molecule has 0 aliphatic heterocycles. The topological polar surface area (TPSA) is 69.6 Å². The van der Waals surface area contributed by atoms with Gasteiger partial charge < -0.3 is 15.5 Å². The van der Waals surface area contributed by atoms with Gasteiger partial charge in [0.25, 0.3) is 0 Å². The van der Waals surface area contributed by atoms with Crippen molar-refractivity contribution in [2.24, 2.45) is 0 Å². The summed E-state index contributed by atoms with van der Waals surface area (Å²) in [5.41, 5.74) is -5.04. The first kappa shape index (κ1) is 20.6. The highest BCUT2D eigenvalue weighted by Crippen LogP contribution is 2.37. The second kappa shape index (κ2) is 7.14. The van der Waals surface area contributed by atoms with Gasteiger partial charge in [0, 0.05) is 17.8 Å². The summed E-state index contributed by atoms with van der Waals surface area (Å²) in [6, 6.07) is 1.71. The third-order valence-corrected chi connectivity index (χ3v) is 3.69. The van der Waals surface area contributed by atoms with E-state index in [9.17, 15) is 40.6 Å². The van der Waals surface area contributed by atoms with E-state index in [1.54, 1.807) is 0 Å². The number of carboxylic acids is 1. The zero-order chi connectivity index (χ0) is 20.7. The summed E-state index contributed by atoms with van der Waals surface area (Å²) in [6.07, 6.45) is -5.66. The first-order valence-electron chi connectivity index (χ1n) is 6.78. The van der Waals surface area contributed by atoms with Crippen LogP contribution in [0, 0.1) is 23.3 Å². The number of phenols is 1. The van der Waals surface area contributed by atoms with Crippen LogP contribution in [-0.2, 0) is 12.7 Å². The van der Waals surface area contributed by atoms with E-state index in [1.165, 1.54) is 0 Å². The Balaban J connectivity index is 2.44. The molecule has 0 aromatic heterocycles. The predicted molar refractivity (Wildman–Crippen MR) is 78.7 cm³/mol. The lowest BCUT2D eigenvalue weighted by atomic mass is 10.1. The van der Waals surface area contributed by atoms with Crippen LogP contribution in [0.3, 0.4) is 0 Å². The molecule has 0 fully saturated rings. The molecule has 146 valence electrons. The number of carboxylic acid groups (broad SMARTS) is 1. The quantitative estimate of drug-likeness (QED) is 0.375. The molecule has 2 rings (SSSR count). The molecule has 0 radical (unpaired) electrons. The molecule has 0 saturated heterocycles. The van der Waals surface area contributed by atoms with Gasteiger partial charge in [-0.1, -0.05) is 11.6 Å². The standard InChI is InChI=1S/C15H7ClF7NO3/c16-7-2-4(1-5(13(7)25)14(26)27)24-3-6-9(17)11(19)8(15(21,22)23)12(20)10(6)18/h1-2,24-25H,3H2,(H,26,27). The SMILES string of the molecule is O=C(O)c1cc(NCc2c(F)c(F)c(C(F)(F)F)c(F)c2F)cc(Cl)c1O. The first-order chi connectivity index (χ1) is 12.4. The molecular formula is C15H7ClF7NO3. The molecule has 0 amide bonds. The van der Waals surface area contributed by atoms with Crippen LogP contribution in [0.15, 0.2) is 12.1 Å². The third-order valence-electron chi connectivity index (χ3n) is 3.40. The van der Waals surface area contributed by atoms with Crippen molar-refractivity contribution in [3.05, 3.63) is 57.1 Å². The van der Waals surface area contributed by atoms with Crippen LogP contribution in [0.4, 0.5) is 36.4 Å². The molecule has 3 N–H and O–H groups in total. The lowest BCUT2D eigenvalue weighted by Crippen LogP contribution is -2.18. The number of aromatic carboxylic acids is 1. The highest BCUT2D eigenvalue weighted by molar-refractivity contribution is 6.32. The maximum absolute atomic E-state index is 13.8. The molecule has 0 aliphatic carbocycles. The Morgan fingerprint density at radius 2 is 1.56 bits per heavy atom. The van der Waals surface area contributed by atoms with Crippen molar-refractivity contribution in [1.82, 2.24) is 0 Å². The van der Waals surface area contributed by atoms with Crippen LogP contribution in [0.25, 0.3) is 0 Å². The number of benzene rings is 2. The van der Waals surface area contributed by atoms with Gasteiger partial charge in [0.1, 0.15) is 16.9 Å². The number of anilines is 1. The van der Waals surface area contributed by atoms with Crippen LogP contribution >= 0.6 is 11.6 Å². The molecule has 0 bridgehead atoms. The van der Waals surface area contributed by atoms with Crippen molar-refractivity contribution >= 4 is 23.3 Å². The van der Waals surface area contributed by atoms with Crippen molar-refractivity contribution < 1.29 is 45.7 Å². The molecule has 4 nitrogen and oxygen atoms in total. The van der Waals surface area contributed by atoms with Gasteiger partial charge in [-0.15, -0.1) is 0 Å². The number of halogens is 8. The summed E-state index contributed by atoms with van der Waals surface area (Å²) in [5, 5.41) is 20.1. The van der Waals surface area contributed by atoms with Gasteiger partial charge >= 0.3 is 12.1 Å². The summed E-state index contributed by atoms with van der Waals surface area (Å²) in [5.74, 6) is -12.2. The Morgan fingerprint density at radius 3 is 2.00 bits per heavy atom. The van der Waals surface area contributed by atoms with E-state index >= 15 is 0 Å². The minimum Gasteiger partial charge on any atom is -0.505 e. The van der Waals surface area contributed by atoms with E-state index in [2.05, 4.69) is 5.32 Å². The van der Waals surface area contributed by atoms with Crippen molar-refractivity contribution in [1.29, 1.82) is 0 Å². The average Bonchev–Trinajstić information content (AvgIpc) is 2.54. The van der Waals surface area contributed by atoms with E-state index in [0.29, 0.717) is 0 Å². The zero-order valence-electron chi connectivity index (χ0n) is 12.7. The van der Waals surface area contributed by atoms with Gasteiger partial charge in [-0.3, -0.25) is 0 Å². The Hall–Kier alpha value is -2.69. The Kier molecular flexibility index (Phi) is 5.45. The molecular weight excluding hydrogens is 411 g/mol. The third kappa shape index (κ3) is 3.87. The van der Waals surface area contributed by atoms with Gasteiger partial charge in [-0.25, -0.2) is 22.4 Å². The number of nitrogens with one attached hydrogen (secondary N) is 1. The normalized spacial score (nSPS) is 11.6. The maximum Gasteiger partial charge on any atom is 0.422 e. The van der Waals surface area contributed by atoms with Crippen LogP contribution in [-0.4, -0.2) is 16.2 Å². The van der Waals surface area contributed by atoms with Crippen LogP contribution < -0.4 is 5.32 Å². The molecule has 0 atom stereocenters. The fourth-order valence-electron chi connectivity index (χ4n) is 2.14. The Labute approximate surface area is 150 Å². The van der Waals surface area contributed by atoms with Crippen molar-refractivity contribution in [2.75, 3.05) is 5.32 Å². The maximum atomic E-state index is 13.8. The van der Waals surface area contributed by atoms with Crippen molar-refractivity contribution in [3.8, 4) is 5.75 Å². The van der Waals surface area contributed by atoms with Crippen molar-refractivity contribution in [3.63, 3.8) is 0 Å². The van der Waals surface area contributed by atoms with Crippen LogP contribution in [0.1, 0.15) is 21.5 Å². The number of carbonyl (C=O) groups is 1. The van der Waals surface area contributed by atoms with E-state index < -0.39 is 69.4 Å². The minimum atomic E-state index is -5.66. The molecule has 27 heavy (non-hydrogen) atoms. The predicted octanol–water partition coefficient (Wildman–Crippen LogP) is 4.93. The summed E-state index contributed by atoms with van der Waals surface area (Å²) < 4.78 is 92.3. The van der Waals surface area contributed by atoms with E-state index in [1.807, 2.05) is 0 Å². The van der Waals surface area contributed by atoms with Gasteiger partial charge in [-0.05, 0) is 12.1 Å². The first-order valence-corrected chi connectivity index (χ1v) is 7.15. The lowest BCUT2D eigenvalue weighted by Gasteiger charge is -2.15. The molecule has 0 aliphatic rings.